The van der Waals surface area contributed by atoms with Gasteiger partial charge in [0.05, 0.1) is 18.4 Å². The number of nitrogens with zero attached hydrogens (tertiary/aromatic N) is 1. The van der Waals surface area contributed by atoms with Gasteiger partial charge in [0.25, 0.3) is 0 Å². The van der Waals surface area contributed by atoms with Gasteiger partial charge >= 0.3 is 11.9 Å². The highest BCUT2D eigenvalue weighted by Crippen LogP contribution is 2.69. The summed E-state index contributed by atoms with van der Waals surface area (Å²) in [4.78, 5) is 52.5. The van der Waals surface area contributed by atoms with E-state index in [-0.39, 0.29) is 53.2 Å². The smallest absolute Gasteiger partial charge is 0.309 e. The molecule has 8 nitrogen and oxygen atoms in total. The van der Waals surface area contributed by atoms with Crippen molar-refractivity contribution < 1.29 is 29.0 Å². The van der Waals surface area contributed by atoms with Crippen molar-refractivity contribution >= 4 is 23.6 Å². The van der Waals surface area contributed by atoms with E-state index in [2.05, 4.69) is 53.4 Å². The minimum absolute atomic E-state index is 0.101. The van der Waals surface area contributed by atoms with Crippen LogP contribution in [0.15, 0.2) is 11.1 Å². The second-order valence-corrected chi connectivity index (χ2v) is 18.6. The highest BCUT2D eigenvalue weighted by molar-refractivity contribution is 6.00. The van der Waals surface area contributed by atoms with Gasteiger partial charge in [-0.2, -0.15) is 0 Å². The Morgan fingerprint density at radius 1 is 0.979 bits per heavy atom. The van der Waals surface area contributed by atoms with E-state index in [4.69, 9.17) is 10.5 Å². The second kappa shape index (κ2) is 13.2. The van der Waals surface area contributed by atoms with Gasteiger partial charge in [0, 0.05) is 23.3 Å². The molecule has 4 saturated carbocycles. The molecule has 270 valence electrons. The summed E-state index contributed by atoms with van der Waals surface area (Å²) in [6.07, 6.45) is 9.83. The molecule has 48 heavy (non-hydrogen) atoms. The summed E-state index contributed by atoms with van der Waals surface area (Å²) in [5.41, 5.74) is 6.94. The number of allylic oxidation sites excluding steroid dienone is 2. The number of ether oxygens (including phenoxy) is 1. The molecule has 0 aromatic carbocycles. The van der Waals surface area contributed by atoms with Gasteiger partial charge in [-0.15, -0.1) is 0 Å². The van der Waals surface area contributed by atoms with E-state index in [1.54, 1.807) is 13.8 Å². The normalized spacial score (nSPS) is 36.0. The summed E-state index contributed by atoms with van der Waals surface area (Å²) in [5.74, 6) is 1.59. The molecular weight excluding hydrogens is 604 g/mol. The molecule has 0 spiro atoms. The molecule has 3 N–H and O–H groups in total. The lowest BCUT2D eigenvalue weighted by atomic mass is 9.40. The van der Waals surface area contributed by atoms with Crippen LogP contribution in [0.2, 0.25) is 0 Å². The molecule has 0 aromatic rings. The first-order valence-electron chi connectivity index (χ1n) is 19.0. The summed E-state index contributed by atoms with van der Waals surface area (Å²) < 4.78 is 6.12. The SMILES string of the molecule is CC(C)C1=C2C3CCC4C(CCC5C(C)(C)C(OC(=O)CC(C)(C)C(=O)O)CCC45C)C3CCC2(CCN(CC(N)=O)C(C)C)CC1=O. The monoisotopic (exact) mass is 668 g/mol. The predicted octanol–water partition coefficient (Wildman–Crippen LogP) is 7.19. The third-order valence-electron chi connectivity index (χ3n) is 14.4. The Kier molecular flexibility index (Phi) is 10.2. The molecule has 0 saturated heterocycles. The topological polar surface area (TPSA) is 127 Å². The van der Waals surface area contributed by atoms with Crippen LogP contribution in [0.5, 0.6) is 0 Å². The maximum atomic E-state index is 13.8. The van der Waals surface area contributed by atoms with E-state index in [0.29, 0.717) is 41.8 Å². The number of primary amides is 1. The molecule has 8 unspecified atom stereocenters. The Balaban J connectivity index is 1.37. The van der Waals surface area contributed by atoms with Gasteiger partial charge in [-0.25, -0.2) is 0 Å². The Hall–Kier alpha value is -2.22. The van der Waals surface area contributed by atoms with Crippen LogP contribution in [-0.4, -0.2) is 58.9 Å². The number of Topliss-reactive ketones (excluding diaryl/α,β-unsaturated/α-hetero) is 1. The highest BCUT2D eigenvalue weighted by atomic mass is 16.5. The molecule has 0 bridgehead atoms. The van der Waals surface area contributed by atoms with E-state index in [1.807, 2.05) is 0 Å². The maximum Gasteiger partial charge on any atom is 0.309 e. The summed E-state index contributed by atoms with van der Waals surface area (Å²) in [7, 11) is 0. The van der Waals surface area contributed by atoms with E-state index in [9.17, 15) is 24.3 Å². The zero-order valence-corrected chi connectivity index (χ0v) is 31.3. The van der Waals surface area contributed by atoms with Crippen LogP contribution >= 0.6 is 0 Å². The number of carbonyl (C=O) groups is 4. The van der Waals surface area contributed by atoms with Crippen molar-refractivity contribution in [2.24, 2.45) is 62.9 Å². The van der Waals surface area contributed by atoms with Crippen LogP contribution in [-0.2, 0) is 23.9 Å². The quantitative estimate of drug-likeness (QED) is 0.223. The molecule has 0 heterocycles. The zero-order chi connectivity index (χ0) is 35.6. The number of aliphatic carboxylic acids is 1. The van der Waals surface area contributed by atoms with Crippen molar-refractivity contribution in [1.29, 1.82) is 0 Å². The number of esters is 1. The largest absolute Gasteiger partial charge is 0.481 e. The Morgan fingerprint density at radius 3 is 2.27 bits per heavy atom. The summed E-state index contributed by atoms with van der Waals surface area (Å²) in [5, 5.41) is 9.55. The molecule has 5 rings (SSSR count). The first-order chi connectivity index (χ1) is 22.2. The molecule has 1 amide bonds. The standard InChI is InChI=1S/C40H64N2O6/c1-23(2)34-29(43)20-40(18-19-42(24(3)4)22-32(41)44)17-14-25-26-11-13-30-38(7,8)31(48-33(45)21-37(5,6)36(46)47)15-16-39(30,9)28(26)12-10-27(25)35(34)40/h23-28,30-31H,10-22H2,1-9H3,(H2,41,44)(H,46,47). The highest BCUT2D eigenvalue weighted by Gasteiger charge is 2.63. The minimum atomic E-state index is -1.15. The van der Waals surface area contributed by atoms with Gasteiger partial charge in [-0.05, 0) is 139 Å². The Bertz CT molecular complexity index is 1330. The number of rotatable bonds is 11. The fourth-order valence-corrected chi connectivity index (χ4v) is 12.1. The van der Waals surface area contributed by atoms with Crippen molar-refractivity contribution in [3.63, 3.8) is 0 Å². The molecule has 8 atom stereocenters. The van der Waals surface area contributed by atoms with Gasteiger partial charge < -0.3 is 15.6 Å². The number of fused-ring (bicyclic) bond motifs is 7. The number of hydrogen-bond donors (Lipinski definition) is 2. The Labute approximate surface area is 289 Å². The van der Waals surface area contributed by atoms with Crippen molar-refractivity contribution in [2.75, 3.05) is 13.1 Å². The average Bonchev–Trinajstić information content (AvgIpc) is 3.28. The summed E-state index contributed by atoms with van der Waals surface area (Å²) in [6.45, 7) is 19.9. The third-order valence-corrected chi connectivity index (χ3v) is 14.4. The van der Waals surface area contributed by atoms with E-state index < -0.39 is 17.4 Å². The number of hydrogen-bond acceptors (Lipinski definition) is 6. The first-order valence-corrected chi connectivity index (χ1v) is 19.0. The number of carboxylic acids is 1. The van der Waals surface area contributed by atoms with Crippen LogP contribution < -0.4 is 5.73 Å². The number of ketones is 1. The number of amides is 1. The fraction of sp³-hybridized carbons (Fsp3) is 0.850. The summed E-state index contributed by atoms with van der Waals surface area (Å²) in [6, 6.07) is 0.213. The number of carbonyl (C=O) groups excluding carboxylic acids is 3. The predicted molar refractivity (Wildman–Crippen MR) is 187 cm³/mol. The lowest BCUT2D eigenvalue weighted by Gasteiger charge is -2.65. The van der Waals surface area contributed by atoms with Gasteiger partial charge in [0.15, 0.2) is 5.78 Å². The Morgan fingerprint density at radius 2 is 1.67 bits per heavy atom. The van der Waals surface area contributed by atoms with Crippen LogP contribution in [0.4, 0.5) is 0 Å². The van der Waals surface area contributed by atoms with Crippen LogP contribution in [0.3, 0.4) is 0 Å². The van der Waals surface area contributed by atoms with Crippen LogP contribution in [0, 0.1) is 57.2 Å². The van der Waals surface area contributed by atoms with E-state index >= 15 is 0 Å². The lowest BCUT2D eigenvalue weighted by molar-refractivity contribution is -0.195. The van der Waals surface area contributed by atoms with E-state index in [0.717, 1.165) is 57.1 Å². The van der Waals surface area contributed by atoms with Gasteiger partial charge in [0.1, 0.15) is 6.10 Å². The minimum Gasteiger partial charge on any atom is -0.481 e. The first kappa shape index (κ1) is 37.0. The van der Waals surface area contributed by atoms with Crippen LogP contribution in [0.1, 0.15) is 133 Å². The average molecular weight is 669 g/mol. The molecule has 5 aliphatic rings. The molecular formula is C40H64N2O6. The zero-order valence-electron chi connectivity index (χ0n) is 31.3. The lowest BCUT2D eigenvalue weighted by Crippen LogP contribution is -2.59. The second-order valence-electron chi connectivity index (χ2n) is 18.6. The van der Waals surface area contributed by atoms with Gasteiger partial charge in [-0.3, -0.25) is 24.1 Å². The molecule has 0 aromatic heterocycles. The number of carboxylic acid groups (broad SMARTS) is 1. The van der Waals surface area contributed by atoms with Crippen LogP contribution in [0.25, 0.3) is 0 Å². The van der Waals surface area contributed by atoms with E-state index in [1.165, 1.54) is 18.4 Å². The summed E-state index contributed by atoms with van der Waals surface area (Å²) >= 11 is 0. The number of nitrogens with two attached hydrogens (primary N) is 1. The third kappa shape index (κ3) is 6.41. The maximum absolute atomic E-state index is 13.8. The van der Waals surface area contributed by atoms with Crippen molar-refractivity contribution in [1.82, 2.24) is 4.90 Å². The van der Waals surface area contributed by atoms with Gasteiger partial charge in [0.2, 0.25) is 5.91 Å². The van der Waals surface area contributed by atoms with Crippen molar-refractivity contribution in [3.05, 3.63) is 11.1 Å². The van der Waals surface area contributed by atoms with Gasteiger partial charge in [-0.1, -0.05) is 40.2 Å². The molecule has 0 aliphatic heterocycles. The molecule has 4 fully saturated rings. The fourth-order valence-electron chi connectivity index (χ4n) is 12.1. The molecule has 8 heteroatoms. The van der Waals surface area contributed by atoms with Crippen molar-refractivity contribution in [2.45, 2.75) is 145 Å². The van der Waals surface area contributed by atoms with Crippen molar-refractivity contribution in [3.8, 4) is 0 Å². The molecule has 5 aliphatic carbocycles. The molecule has 0 radical (unpaired) electrons.